The van der Waals surface area contributed by atoms with E-state index in [1.54, 1.807) is 13.1 Å². The maximum Gasteiger partial charge on any atom is 0.303 e. The molecule has 4 N–H and O–H groups in total. The van der Waals surface area contributed by atoms with Gasteiger partial charge < -0.3 is 15.5 Å². The van der Waals surface area contributed by atoms with Crippen LogP contribution >= 0.6 is 15.9 Å². The topological polar surface area (TPSA) is 107 Å². The molecular weight excluding hydrogens is 424 g/mol. The molecule has 1 aromatic carbocycles. The second-order valence-corrected chi connectivity index (χ2v) is 7.68. The lowest BCUT2D eigenvalue weighted by molar-refractivity contribution is -0.137. The second-order valence-electron chi connectivity index (χ2n) is 6.76. The maximum absolute atomic E-state index is 11.2. The summed E-state index contributed by atoms with van der Waals surface area (Å²) < 4.78 is 0.911. The Morgan fingerprint density at radius 3 is 2.86 bits per heavy atom. The van der Waals surface area contributed by atoms with Crippen LogP contribution in [-0.2, 0) is 4.79 Å². The van der Waals surface area contributed by atoms with Crippen molar-refractivity contribution in [2.24, 2.45) is 4.99 Å². The zero-order chi connectivity index (χ0) is 20.1. The van der Waals surface area contributed by atoms with Gasteiger partial charge in [0.05, 0.1) is 29.7 Å². The van der Waals surface area contributed by atoms with Crippen molar-refractivity contribution in [3.63, 3.8) is 0 Å². The normalized spacial score (nSPS) is 19.8. The first-order valence-electron chi connectivity index (χ1n) is 9.13. The third-order valence-electron chi connectivity index (χ3n) is 4.42. The number of benzodiazepines with no additional fused rings is 1. The molecule has 0 saturated carbocycles. The van der Waals surface area contributed by atoms with Crippen LogP contribution in [0, 0.1) is 0 Å². The molecule has 0 spiro atoms. The minimum atomic E-state index is -0.867. The van der Waals surface area contributed by atoms with Crippen molar-refractivity contribution < 1.29 is 15.0 Å². The van der Waals surface area contributed by atoms with Gasteiger partial charge in [0.1, 0.15) is 0 Å². The number of nitrogens with zero attached hydrogens (tertiary/aromatic N) is 2. The Morgan fingerprint density at radius 1 is 1.36 bits per heavy atom. The molecule has 0 aliphatic carbocycles. The fourth-order valence-electron chi connectivity index (χ4n) is 3.11. The summed E-state index contributed by atoms with van der Waals surface area (Å²) in [6, 6.07) is 11.1. The predicted octanol–water partition coefficient (Wildman–Crippen LogP) is 2.64. The van der Waals surface area contributed by atoms with Gasteiger partial charge in [-0.05, 0) is 43.7 Å². The highest BCUT2D eigenvalue weighted by Gasteiger charge is 2.28. The number of halogens is 1. The standard InChI is InChI=1S/C20H23BrN4O3/c1-12(26)11-23-20-17(7-8-18(27)28)24-19(16-4-2-3-9-22-16)14-10-13(21)5-6-15(14)25-20/h2-6,9-10,12,17,20,23,25-26H,7-8,11H2,1H3,(H,27,28)/t12?,17-,20?/m0/s1. The molecule has 0 radical (unpaired) electrons. The van der Waals surface area contributed by atoms with Crippen molar-refractivity contribution in [3.8, 4) is 0 Å². The number of pyridine rings is 1. The number of hydrogen-bond acceptors (Lipinski definition) is 6. The summed E-state index contributed by atoms with van der Waals surface area (Å²) >= 11 is 3.52. The van der Waals surface area contributed by atoms with E-state index in [2.05, 4.69) is 31.5 Å². The Hall–Kier alpha value is -2.29. The summed E-state index contributed by atoms with van der Waals surface area (Å²) in [7, 11) is 0. The van der Waals surface area contributed by atoms with Crippen LogP contribution in [0.25, 0.3) is 0 Å². The zero-order valence-electron chi connectivity index (χ0n) is 15.5. The number of rotatable bonds is 7. The summed E-state index contributed by atoms with van der Waals surface area (Å²) in [6.45, 7) is 2.06. The number of benzene rings is 1. The van der Waals surface area contributed by atoms with Gasteiger partial charge in [0.25, 0.3) is 0 Å². The summed E-state index contributed by atoms with van der Waals surface area (Å²) in [5.41, 5.74) is 3.18. The monoisotopic (exact) mass is 446 g/mol. The van der Waals surface area contributed by atoms with Crippen LogP contribution in [0.2, 0.25) is 0 Å². The molecule has 8 heteroatoms. The first kappa shape index (κ1) is 20.4. The molecular formula is C20H23BrN4O3. The van der Waals surface area contributed by atoms with Gasteiger partial charge >= 0.3 is 5.97 Å². The molecule has 2 aromatic rings. The molecule has 2 heterocycles. The van der Waals surface area contributed by atoms with E-state index in [1.807, 2.05) is 36.4 Å². The van der Waals surface area contributed by atoms with Gasteiger partial charge in [0.15, 0.2) is 0 Å². The van der Waals surface area contributed by atoms with Crippen LogP contribution in [0.1, 0.15) is 31.0 Å². The van der Waals surface area contributed by atoms with Crippen LogP contribution in [0.5, 0.6) is 0 Å². The number of carboxylic acid groups (broad SMARTS) is 1. The number of aliphatic hydroxyl groups is 1. The molecule has 0 fully saturated rings. The smallest absolute Gasteiger partial charge is 0.303 e. The average Bonchev–Trinajstić information content (AvgIpc) is 2.82. The van der Waals surface area contributed by atoms with Gasteiger partial charge in [-0.2, -0.15) is 0 Å². The Morgan fingerprint density at radius 2 is 2.18 bits per heavy atom. The van der Waals surface area contributed by atoms with E-state index in [0.29, 0.717) is 18.7 Å². The van der Waals surface area contributed by atoms with Crippen LogP contribution in [0.15, 0.2) is 52.1 Å². The molecule has 28 heavy (non-hydrogen) atoms. The molecule has 0 amide bonds. The molecule has 3 rings (SSSR count). The molecule has 0 saturated heterocycles. The number of carboxylic acids is 1. The number of aliphatic carboxylic acids is 1. The molecule has 148 valence electrons. The minimum absolute atomic E-state index is 0.00174. The SMILES string of the molecule is CC(O)CNC1Nc2ccc(Br)cc2C(c2ccccn2)=N[C@H]1CCC(=O)O. The number of anilines is 1. The van der Waals surface area contributed by atoms with Gasteiger partial charge in [0.2, 0.25) is 0 Å². The Bertz CT molecular complexity index is 858. The number of carbonyl (C=O) groups is 1. The Kier molecular flexibility index (Phi) is 6.77. The van der Waals surface area contributed by atoms with E-state index in [-0.39, 0.29) is 18.6 Å². The van der Waals surface area contributed by atoms with E-state index in [4.69, 9.17) is 10.1 Å². The van der Waals surface area contributed by atoms with Crippen molar-refractivity contribution in [1.82, 2.24) is 10.3 Å². The third-order valence-corrected chi connectivity index (χ3v) is 4.92. The highest BCUT2D eigenvalue weighted by Crippen LogP contribution is 2.29. The summed E-state index contributed by atoms with van der Waals surface area (Å²) in [6.07, 6.45) is 1.20. The zero-order valence-corrected chi connectivity index (χ0v) is 17.1. The molecule has 7 nitrogen and oxygen atoms in total. The van der Waals surface area contributed by atoms with Crippen molar-refractivity contribution in [1.29, 1.82) is 0 Å². The second kappa shape index (κ2) is 9.27. The van der Waals surface area contributed by atoms with Crippen molar-refractivity contribution >= 4 is 33.3 Å². The molecule has 1 aromatic heterocycles. The fourth-order valence-corrected chi connectivity index (χ4v) is 3.47. The van der Waals surface area contributed by atoms with E-state index in [0.717, 1.165) is 21.4 Å². The molecule has 0 bridgehead atoms. The summed E-state index contributed by atoms with van der Waals surface area (Å²) in [4.78, 5) is 20.5. The van der Waals surface area contributed by atoms with Gasteiger partial charge in [-0.15, -0.1) is 0 Å². The number of aliphatic imine (C=N–C) groups is 1. The predicted molar refractivity (Wildman–Crippen MR) is 112 cm³/mol. The van der Waals surface area contributed by atoms with Gasteiger partial charge in [-0.25, -0.2) is 0 Å². The Labute approximate surface area is 172 Å². The largest absolute Gasteiger partial charge is 0.481 e. The summed E-state index contributed by atoms with van der Waals surface area (Å²) in [5.74, 6) is -0.867. The average molecular weight is 447 g/mol. The minimum Gasteiger partial charge on any atom is -0.481 e. The molecule has 1 aliphatic heterocycles. The number of aliphatic hydroxyl groups excluding tert-OH is 1. The van der Waals surface area contributed by atoms with Crippen LogP contribution in [0.4, 0.5) is 5.69 Å². The van der Waals surface area contributed by atoms with E-state index in [1.165, 1.54) is 0 Å². The van der Waals surface area contributed by atoms with Crippen LogP contribution in [0.3, 0.4) is 0 Å². The lowest BCUT2D eigenvalue weighted by Gasteiger charge is -2.26. The van der Waals surface area contributed by atoms with Gasteiger partial charge in [-0.3, -0.25) is 20.1 Å². The van der Waals surface area contributed by atoms with Gasteiger partial charge in [0, 0.05) is 34.9 Å². The lowest BCUT2D eigenvalue weighted by atomic mass is 10.0. The molecule has 3 atom stereocenters. The molecule has 1 aliphatic rings. The fraction of sp³-hybridized carbons (Fsp3) is 0.350. The first-order valence-corrected chi connectivity index (χ1v) is 9.92. The van der Waals surface area contributed by atoms with E-state index < -0.39 is 12.1 Å². The number of nitrogens with one attached hydrogen (secondary N) is 2. The maximum atomic E-state index is 11.2. The first-order chi connectivity index (χ1) is 13.4. The lowest BCUT2D eigenvalue weighted by Crippen LogP contribution is -2.47. The number of hydrogen-bond donors (Lipinski definition) is 4. The van der Waals surface area contributed by atoms with E-state index >= 15 is 0 Å². The highest BCUT2D eigenvalue weighted by molar-refractivity contribution is 9.10. The van der Waals surface area contributed by atoms with Crippen LogP contribution < -0.4 is 10.6 Å². The van der Waals surface area contributed by atoms with Crippen molar-refractivity contribution in [2.45, 2.75) is 38.1 Å². The third kappa shape index (κ3) is 5.15. The van der Waals surface area contributed by atoms with Crippen molar-refractivity contribution in [2.75, 3.05) is 11.9 Å². The van der Waals surface area contributed by atoms with E-state index in [9.17, 15) is 9.90 Å². The van der Waals surface area contributed by atoms with Gasteiger partial charge in [-0.1, -0.05) is 22.0 Å². The number of fused-ring (bicyclic) bond motifs is 1. The van der Waals surface area contributed by atoms with Crippen LogP contribution in [-0.4, -0.2) is 51.7 Å². The van der Waals surface area contributed by atoms with Crippen molar-refractivity contribution in [3.05, 3.63) is 58.3 Å². The quantitative estimate of drug-likeness (QED) is 0.520. The number of aromatic nitrogens is 1. The molecule has 2 unspecified atom stereocenters. The Balaban J connectivity index is 2.06. The summed E-state index contributed by atoms with van der Waals surface area (Å²) in [5, 5.41) is 25.6. The highest BCUT2D eigenvalue weighted by atomic mass is 79.9.